The summed E-state index contributed by atoms with van der Waals surface area (Å²) in [6, 6.07) is 7.55. The van der Waals surface area contributed by atoms with Gasteiger partial charge in [0, 0.05) is 37.2 Å². The molecular formula is C15H22ClN3O4S2. The standard InChI is InChI=1S/C15H22ClN3O4S2/c1-24(20,21)18-6-8-19(9-7-18)25(22,23)17-15-10-13(11-15)12-2-4-14(16)5-3-12/h2-5,13,15,17H,6-11H2,1H3. The zero-order chi connectivity index (χ0) is 18.2. The van der Waals surface area contributed by atoms with Crippen molar-refractivity contribution in [3.8, 4) is 0 Å². The van der Waals surface area contributed by atoms with Crippen molar-refractivity contribution in [2.24, 2.45) is 0 Å². The molecule has 1 aromatic rings. The molecule has 2 fully saturated rings. The largest absolute Gasteiger partial charge is 0.279 e. The van der Waals surface area contributed by atoms with E-state index in [1.54, 1.807) is 0 Å². The summed E-state index contributed by atoms with van der Waals surface area (Å²) < 4.78 is 53.3. The van der Waals surface area contributed by atoms with Gasteiger partial charge in [0.25, 0.3) is 10.2 Å². The molecule has 140 valence electrons. The van der Waals surface area contributed by atoms with E-state index < -0.39 is 20.2 Å². The van der Waals surface area contributed by atoms with Crippen LogP contribution in [0, 0.1) is 0 Å². The van der Waals surface area contributed by atoms with Crippen LogP contribution < -0.4 is 4.72 Å². The van der Waals surface area contributed by atoms with E-state index in [0.717, 1.165) is 19.1 Å². The molecule has 0 aromatic heterocycles. The lowest BCUT2D eigenvalue weighted by Gasteiger charge is -2.38. The van der Waals surface area contributed by atoms with Gasteiger partial charge in [-0.05, 0) is 36.5 Å². The Bertz CT molecular complexity index is 813. The Morgan fingerprint density at radius 2 is 1.48 bits per heavy atom. The number of piperazine rings is 1. The van der Waals surface area contributed by atoms with Gasteiger partial charge in [0.2, 0.25) is 10.0 Å². The number of rotatable bonds is 5. The third kappa shape index (κ3) is 4.53. The van der Waals surface area contributed by atoms with Crippen LogP contribution in [0.15, 0.2) is 24.3 Å². The first-order chi connectivity index (χ1) is 11.6. The molecule has 7 nitrogen and oxygen atoms in total. The number of halogens is 1. The number of nitrogens with one attached hydrogen (secondary N) is 1. The van der Waals surface area contributed by atoms with E-state index >= 15 is 0 Å². The van der Waals surface area contributed by atoms with Crippen LogP contribution >= 0.6 is 11.6 Å². The van der Waals surface area contributed by atoms with E-state index in [0.29, 0.717) is 10.9 Å². The Kier molecular flexibility index (Phi) is 5.44. The lowest BCUT2D eigenvalue weighted by atomic mass is 9.76. The molecule has 1 saturated heterocycles. The van der Waals surface area contributed by atoms with Crippen LogP contribution in [0.4, 0.5) is 0 Å². The second-order valence-corrected chi connectivity index (χ2v) is 10.7. The smallest absolute Gasteiger partial charge is 0.213 e. The molecule has 2 aliphatic rings. The summed E-state index contributed by atoms with van der Waals surface area (Å²) in [6.07, 6.45) is 2.65. The molecule has 0 amide bonds. The topological polar surface area (TPSA) is 86.8 Å². The first-order valence-corrected chi connectivity index (χ1v) is 11.8. The summed E-state index contributed by atoms with van der Waals surface area (Å²) in [4.78, 5) is 0. The SMILES string of the molecule is CS(=O)(=O)N1CCN(S(=O)(=O)NC2CC(c3ccc(Cl)cc3)C2)CC1. The van der Waals surface area contributed by atoms with Crippen molar-refractivity contribution in [2.45, 2.75) is 24.8 Å². The summed E-state index contributed by atoms with van der Waals surface area (Å²) in [5.41, 5.74) is 1.17. The van der Waals surface area contributed by atoms with Gasteiger partial charge in [0.15, 0.2) is 0 Å². The van der Waals surface area contributed by atoms with E-state index in [9.17, 15) is 16.8 Å². The Labute approximate surface area is 154 Å². The summed E-state index contributed by atoms with van der Waals surface area (Å²) in [7, 11) is -6.85. The Hall–Kier alpha value is -0.710. The third-order valence-electron chi connectivity index (χ3n) is 4.80. The van der Waals surface area contributed by atoms with Crippen LogP contribution in [0.5, 0.6) is 0 Å². The normalized spacial score (nSPS) is 26.3. The van der Waals surface area contributed by atoms with Gasteiger partial charge in [0.1, 0.15) is 0 Å². The minimum atomic E-state index is -3.58. The van der Waals surface area contributed by atoms with E-state index in [1.165, 1.54) is 14.2 Å². The monoisotopic (exact) mass is 407 g/mol. The summed E-state index contributed by atoms with van der Waals surface area (Å²) in [6.45, 7) is 0.737. The predicted octanol–water partition coefficient (Wildman–Crippen LogP) is 0.998. The molecule has 25 heavy (non-hydrogen) atoms. The summed E-state index contributed by atoms with van der Waals surface area (Å²) in [5.74, 6) is 0.340. The number of hydrogen-bond acceptors (Lipinski definition) is 4. The second kappa shape index (κ2) is 7.13. The van der Waals surface area contributed by atoms with Crippen molar-refractivity contribution in [1.29, 1.82) is 0 Å². The quantitative estimate of drug-likeness (QED) is 0.788. The molecule has 1 N–H and O–H groups in total. The Balaban J connectivity index is 1.51. The second-order valence-electron chi connectivity index (χ2n) is 6.60. The molecule has 0 bridgehead atoms. The van der Waals surface area contributed by atoms with Crippen molar-refractivity contribution >= 4 is 31.8 Å². The van der Waals surface area contributed by atoms with Crippen molar-refractivity contribution in [3.63, 3.8) is 0 Å². The lowest BCUT2D eigenvalue weighted by Crippen LogP contribution is -2.55. The van der Waals surface area contributed by atoms with Gasteiger partial charge >= 0.3 is 0 Å². The summed E-state index contributed by atoms with van der Waals surface area (Å²) in [5, 5.41) is 0.688. The predicted molar refractivity (Wildman–Crippen MR) is 97.3 cm³/mol. The fourth-order valence-electron chi connectivity index (χ4n) is 3.25. The van der Waals surface area contributed by atoms with Crippen molar-refractivity contribution in [2.75, 3.05) is 32.4 Å². The molecule has 1 aliphatic carbocycles. The molecule has 1 aliphatic heterocycles. The maximum absolute atomic E-state index is 12.5. The highest BCUT2D eigenvalue weighted by molar-refractivity contribution is 7.88. The number of hydrogen-bond donors (Lipinski definition) is 1. The maximum Gasteiger partial charge on any atom is 0.279 e. The van der Waals surface area contributed by atoms with E-state index in [2.05, 4.69) is 4.72 Å². The van der Waals surface area contributed by atoms with Crippen molar-refractivity contribution < 1.29 is 16.8 Å². The van der Waals surface area contributed by atoms with Crippen LogP contribution in [0.1, 0.15) is 24.3 Å². The number of sulfonamides is 1. The summed E-state index contributed by atoms with van der Waals surface area (Å²) >= 11 is 5.88. The fourth-order valence-corrected chi connectivity index (χ4v) is 5.61. The van der Waals surface area contributed by atoms with Gasteiger partial charge in [-0.25, -0.2) is 8.42 Å². The molecule has 1 heterocycles. The Morgan fingerprint density at radius 3 is 2.00 bits per heavy atom. The first-order valence-electron chi connectivity index (χ1n) is 8.13. The molecule has 0 spiro atoms. The van der Waals surface area contributed by atoms with E-state index in [1.807, 2.05) is 24.3 Å². The minimum absolute atomic E-state index is 0.0846. The van der Waals surface area contributed by atoms with Crippen LogP contribution in [-0.4, -0.2) is 63.9 Å². The zero-order valence-corrected chi connectivity index (χ0v) is 16.3. The molecule has 3 rings (SSSR count). The Morgan fingerprint density at radius 1 is 0.960 bits per heavy atom. The van der Waals surface area contributed by atoms with Gasteiger partial charge in [-0.1, -0.05) is 23.7 Å². The minimum Gasteiger partial charge on any atom is -0.213 e. The average Bonchev–Trinajstić information content (AvgIpc) is 2.51. The van der Waals surface area contributed by atoms with E-state index in [4.69, 9.17) is 11.6 Å². The number of benzene rings is 1. The van der Waals surface area contributed by atoms with Crippen LogP contribution in [0.25, 0.3) is 0 Å². The maximum atomic E-state index is 12.5. The lowest BCUT2D eigenvalue weighted by molar-refractivity contribution is 0.262. The van der Waals surface area contributed by atoms with E-state index in [-0.39, 0.29) is 32.2 Å². The van der Waals surface area contributed by atoms with Gasteiger partial charge in [-0.15, -0.1) is 0 Å². The zero-order valence-electron chi connectivity index (χ0n) is 13.9. The third-order valence-corrected chi connectivity index (χ3v) is 8.03. The highest BCUT2D eigenvalue weighted by Gasteiger charge is 2.36. The molecular weight excluding hydrogens is 386 g/mol. The first kappa shape index (κ1) is 19.1. The van der Waals surface area contributed by atoms with Crippen molar-refractivity contribution in [1.82, 2.24) is 13.3 Å². The molecule has 1 saturated carbocycles. The molecule has 0 atom stereocenters. The molecule has 1 aromatic carbocycles. The van der Waals surface area contributed by atoms with Gasteiger partial charge < -0.3 is 0 Å². The van der Waals surface area contributed by atoms with Crippen LogP contribution in [-0.2, 0) is 20.2 Å². The van der Waals surface area contributed by atoms with Gasteiger partial charge in [-0.2, -0.15) is 21.8 Å². The van der Waals surface area contributed by atoms with Crippen LogP contribution in [0.3, 0.4) is 0 Å². The molecule has 10 heteroatoms. The fraction of sp³-hybridized carbons (Fsp3) is 0.600. The molecule has 0 radical (unpaired) electrons. The van der Waals surface area contributed by atoms with Crippen molar-refractivity contribution in [3.05, 3.63) is 34.9 Å². The van der Waals surface area contributed by atoms with Crippen LogP contribution in [0.2, 0.25) is 5.02 Å². The van der Waals surface area contributed by atoms with Gasteiger partial charge in [-0.3, -0.25) is 0 Å². The van der Waals surface area contributed by atoms with Gasteiger partial charge in [0.05, 0.1) is 6.26 Å². The average molecular weight is 408 g/mol. The highest BCUT2D eigenvalue weighted by atomic mass is 35.5. The molecule has 0 unspecified atom stereocenters. The highest BCUT2D eigenvalue weighted by Crippen LogP contribution is 2.37. The number of nitrogens with zero attached hydrogens (tertiary/aromatic N) is 2.